The van der Waals surface area contributed by atoms with Gasteiger partial charge in [-0.3, -0.25) is 9.78 Å². The molecule has 28 heavy (non-hydrogen) atoms. The number of nitrogens with zero attached hydrogens (tertiary/aromatic N) is 2. The second-order valence-electron chi connectivity index (χ2n) is 5.96. The summed E-state index contributed by atoms with van der Waals surface area (Å²) in [4.78, 5) is 23.9. The molecule has 8 heteroatoms. The van der Waals surface area contributed by atoms with Gasteiger partial charge in [-0.2, -0.15) is 0 Å². The molecule has 0 amide bonds. The highest BCUT2D eigenvalue weighted by molar-refractivity contribution is 6.37. The summed E-state index contributed by atoms with van der Waals surface area (Å²) in [6, 6.07) is 7.70. The Balaban J connectivity index is 1.70. The van der Waals surface area contributed by atoms with Gasteiger partial charge in [0.25, 0.3) is 0 Å². The Hall–Kier alpha value is -2.96. The van der Waals surface area contributed by atoms with Gasteiger partial charge in [0.2, 0.25) is 0 Å². The summed E-state index contributed by atoms with van der Waals surface area (Å²) in [5.41, 5.74) is 1.28. The highest BCUT2D eigenvalue weighted by atomic mass is 35.5. The minimum Gasteiger partial charge on any atom is -0.487 e. The number of H-pyrrole nitrogens is 1. The number of rotatable bonds is 5. The van der Waals surface area contributed by atoms with Crippen LogP contribution in [0.1, 0.15) is 21.5 Å². The molecule has 0 aliphatic heterocycles. The summed E-state index contributed by atoms with van der Waals surface area (Å²) in [6.45, 7) is 0.202. The summed E-state index contributed by atoms with van der Waals surface area (Å²) < 4.78 is 20.2. The number of benzene rings is 1. The van der Waals surface area contributed by atoms with Crippen LogP contribution in [0, 0.1) is 5.82 Å². The third-order valence-corrected chi connectivity index (χ3v) is 4.75. The lowest BCUT2D eigenvalue weighted by atomic mass is 10.0. The Morgan fingerprint density at radius 2 is 1.96 bits per heavy atom. The predicted molar refractivity (Wildman–Crippen MR) is 105 cm³/mol. The smallest absolute Gasteiger partial charge is 0.199 e. The van der Waals surface area contributed by atoms with Crippen molar-refractivity contribution in [1.82, 2.24) is 15.0 Å². The van der Waals surface area contributed by atoms with Crippen molar-refractivity contribution in [2.45, 2.75) is 6.61 Å². The maximum Gasteiger partial charge on any atom is 0.199 e. The van der Waals surface area contributed by atoms with Crippen LogP contribution in [0.25, 0.3) is 11.0 Å². The Morgan fingerprint density at radius 3 is 2.75 bits per heavy atom. The van der Waals surface area contributed by atoms with Crippen LogP contribution in [0.3, 0.4) is 0 Å². The van der Waals surface area contributed by atoms with Crippen LogP contribution in [0.2, 0.25) is 10.0 Å². The van der Waals surface area contributed by atoms with Crippen LogP contribution in [0.15, 0.2) is 55.1 Å². The zero-order chi connectivity index (χ0) is 19.7. The molecule has 0 aliphatic rings. The van der Waals surface area contributed by atoms with E-state index in [4.69, 9.17) is 27.9 Å². The van der Waals surface area contributed by atoms with Gasteiger partial charge >= 0.3 is 0 Å². The van der Waals surface area contributed by atoms with E-state index >= 15 is 0 Å². The number of carbonyl (C=O) groups is 1. The second-order valence-corrected chi connectivity index (χ2v) is 6.77. The topological polar surface area (TPSA) is 67.9 Å². The first-order chi connectivity index (χ1) is 13.5. The van der Waals surface area contributed by atoms with Gasteiger partial charge in [-0.15, -0.1) is 0 Å². The fraction of sp³-hybridized carbons (Fsp3) is 0.0500. The molecule has 0 atom stereocenters. The molecular weight excluding hydrogens is 404 g/mol. The lowest BCUT2D eigenvalue weighted by Crippen LogP contribution is -2.07. The quantitative estimate of drug-likeness (QED) is 0.454. The monoisotopic (exact) mass is 415 g/mol. The highest BCUT2D eigenvalue weighted by Crippen LogP contribution is 2.34. The first-order valence-electron chi connectivity index (χ1n) is 8.21. The van der Waals surface area contributed by atoms with E-state index in [0.717, 1.165) is 11.6 Å². The molecule has 5 nitrogen and oxygen atoms in total. The highest BCUT2D eigenvalue weighted by Gasteiger charge is 2.24. The van der Waals surface area contributed by atoms with Crippen molar-refractivity contribution in [3.05, 3.63) is 87.7 Å². The maximum absolute atomic E-state index is 14.5. The van der Waals surface area contributed by atoms with Crippen molar-refractivity contribution in [2.24, 2.45) is 0 Å². The number of ether oxygens (including phenoxy) is 1. The third-order valence-electron chi connectivity index (χ3n) is 4.17. The van der Waals surface area contributed by atoms with Gasteiger partial charge in [0.05, 0.1) is 15.6 Å². The first kappa shape index (κ1) is 18.4. The lowest BCUT2D eigenvalue weighted by Gasteiger charge is -2.12. The number of nitrogens with one attached hydrogen (secondary N) is 1. The van der Waals surface area contributed by atoms with E-state index in [1.54, 1.807) is 30.6 Å². The van der Waals surface area contributed by atoms with Crippen molar-refractivity contribution in [3.63, 3.8) is 0 Å². The van der Waals surface area contributed by atoms with Crippen LogP contribution in [0.4, 0.5) is 4.39 Å². The molecule has 4 aromatic rings. The van der Waals surface area contributed by atoms with Gasteiger partial charge in [-0.05, 0) is 35.9 Å². The normalized spacial score (nSPS) is 11.0. The zero-order valence-electron chi connectivity index (χ0n) is 14.2. The van der Waals surface area contributed by atoms with Gasteiger partial charge in [0, 0.05) is 35.7 Å². The molecule has 0 radical (unpaired) electrons. The Labute approximate surface area is 169 Å². The van der Waals surface area contributed by atoms with Crippen molar-refractivity contribution in [3.8, 4) is 5.75 Å². The molecule has 3 heterocycles. The lowest BCUT2D eigenvalue weighted by molar-refractivity contribution is 0.103. The standard InChI is InChI=1S/C20H12Cl2FN3O2/c21-12-7-13-14(9-26-20(13)25-8-12)19(27)17-15(23)1-2-16(18(17)22)28-10-11-3-5-24-6-4-11/h1-9H,10H2,(H,25,26). The first-order valence-corrected chi connectivity index (χ1v) is 8.97. The number of hydrogen-bond acceptors (Lipinski definition) is 4. The molecule has 0 spiro atoms. The Bertz CT molecular complexity index is 1180. The molecule has 0 bridgehead atoms. The second kappa shape index (κ2) is 7.58. The summed E-state index contributed by atoms with van der Waals surface area (Å²) in [7, 11) is 0. The van der Waals surface area contributed by atoms with Gasteiger partial charge in [-0.1, -0.05) is 23.2 Å². The van der Waals surface area contributed by atoms with Crippen LogP contribution < -0.4 is 4.74 Å². The molecule has 0 aliphatic carbocycles. The fourth-order valence-corrected chi connectivity index (χ4v) is 3.25. The predicted octanol–water partition coefficient (Wildman–Crippen LogP) is 5.21. The molecule has 140 valence electrons. The fourth-order valence-electron chi connectivity index (χ4n) is 2.79. The van der Waals surface area contributed by atoms with E-state index in [1.807, 2.05) is 0 Å². The number of aromatic nitrogens is 3. The minimum atomic E-state index is -0.740. The third kappa shape index (κ3) is 3.44. The van der Waals surface area contributed by atoms with Crippen LogP contribution in [-0.4, -0.2) is 20.7 Å². The van der Waals surface area contributed by atoms with Crippen LogP contribution in [-0.2, 0) is 6.61 Å². The average Bonchev–Trinajstić information content (AvgIpc) is 3.11. The molecule has 0 saturated carbocycles. The summed E-state index contributed by atoms with van der Waals surface area (Å²) in [6.07, 6.45) is 6.18. The van der Waals surface area contributed by atoms with Gasteiger partial charge in [0.15, 0.2) is 5.78 Å². The summed E-state index contributed by atoms with van der Waals surface area (Å²) in [5, 5.41) is 0.752. The van der Waals surface area contributed by atoms with Gasteiger partial charge in [-0.25, -0.2) is 9.37 Å². The zero-order valence-corrected chi connectivity index (χ0v) is 15.8. The number of hydrogen-bond donors (Lipinski definition) is 1. The molecule has 3 aromatic heterocycles. The van der Waals surface area contributed by atoms with Crippen molar-refractivity contribution in [1.29, 1.82) is 0 Å². The Kier molecular flexibility index (Phi) is 4.98. The SMILES string of the molecule is O=C(c1c(F)ccc(OCc2ccncc2)c1Cl)c1c[nH]c2ncc(Cl)cc12. The summed E-state index contributed by atoms with van der Waals surface area (Å²) >= 11 is 12.3. The number of halogens is 3. The van der Waals surface area contributed by atoms with Crippen molar-refractivity contribution in [2.75, 3.05) is 0 Å². The Morgan fingerprint density at radius 1 is 1.18 bits per heavy atom. The molecule has 1 N–H and O–H groups in total. The minimum absolute atomic E-state index is 0.0941. The van der Waals surface area contributed by atoms with E-state index in [9.17, 15) is 9.18 Å². The molecule has 0 fully saturated rings. The molecule has 0 unspecified atom stereocenters. The van der Waals surface area contributed by atoms with E-state index in [0.29, 0.717) is 16.1 Å². The molecule has 0 saturated heterocycles. The van der Waals surface area contributed by atoms with Crippen LogP contribution >= 0.6 is 23.2 Å². The maximum atomic E-state index is 14.5. The number of pyridine rings is 2. The molecule has 4 rings (SSSR count). The van der Waals surface area contributed by atoms with Gasteiger partial charge < -0.3 is 9.72 Å². The van der Waals surface area contributed by atoms with Crippen molar-refractivity contribution < 1.29 is 13.9 Å². The van der Waals surface area contributed by atoms with E-state index in [1.165, 1.54) is 18.5 Å². The number of ketones is 1. The number of aromatic amines is 1. The van der Waals surface area contributed by atoms with Gasteiger partial charge in [0.1, 0.15) is 23.8 Å². The number of carbonyl (C=O) groups excluding carboxylic acids is 1. The average molecular weight is 416 g/mol. The molecular formula is C20H12Cl2FN3O2. The summed E-state index contributed by atoms with van der Waals surface area (Å²) in [5.74, 6) is -1.12. The van der Waals surface area contributed by atoms with E-state index in [-0.39, 0.29) is 28.5 Å². The number of fused-ring (bicyclic) bond motifs is 1. The van der Waals surface area contributed by atoms with Crippen molar-refractivity contribution >= 4 is 40.0 Å². The molecule has 1 aromatic carbocycles. The van der Waals surface area contributed by atoms with E-state index < -0.39 is 11.6 Å². The van der Waals surface area contributed by atoms with E-state index in [2.05, 4.69) is 15.0 Å². The van der Waals surface area contributed by atoms with Crippen LogP contribution in [0.5, 0.6) is 5.75 Å². The largest absolute Gasteiger partial charge is 0.487 e.